The molecule has 10 heteroatoms. The summed E-state index contributed by atoms with van der Waals surface area (Å²) in [5, 5.41) is 18.0. The molecule has 1 aliphatic rings. The Balaban J connectivity index is 1.76. The van der Waals surface area contributed by atoms with Crippen LogP contribution in [-0.2, 0) is 21.3 Å². The van der Waals surface area contributed by atoms with Gasteiger partial charge >= 0.3 is 0 Å². The first-order valence-corrected chi connectivity index (χ1v) is 10.1. The van der Waals surface area contributed by atoms with E-state index in [0.29, 0.717) is 16.9 Å². The highest BCUT2D eigenvalue weighted by atomic mass is 32.2. The van der Waals surface area contributed by atoms with Crippen molar-refractivity contribution in [1.29, 1.82) is 0 Å². The van der Waals surface area contributed by atoms with E-state index in [0.717, 1.165) is 6.07 Å². The maximum absolute atomic E-state index is 12.7. The van der Waals surface area contributed by atoms with E-state index in [1.54, 1.807) is 24.3 Å². The van der Waals surface area contributed by atoms with Crippen LogP contribution in [0.4, 0.5) is 11.5 Å². The average Bonchev–Trinajstić information content (AvgIpc) is 3.15. The predicted octanol–water partition coefficient (Wildman–Crippen LogP) is 2.46. The zero-order valence-corrected chi connectivity index (χ0v) is 15.2. The zero-order valence-electron chi connectivity index (χ0n) is 14.4. The van der Waals surface area contributed by atoms with E-state index in [1.807, 2.05) is 6.07 Å². The Labute approximate surface area is 159 Å². The van der Waals surface area contributed by atoms with E-state index >= 15 is 0 Å². The quantitative estimate of drug-likeness (QED) is 0.532. The number of anilines is 1. The summed E-state index contributed by atoms with van der Waals surface area (Å²) in [6, 6.07) is 14.3. The normalized spacial score (nSPS) is 14.4. The summed E-state index contributed by atoms with van der Waals surface area (Å²) in [4.78, 5) is 23.1. The average molecular weight is 398 g/mol. The maximum Gasteiger partial charge on any atom is 0.270 e. The van der Waals surface area contributed by atoms with Crippen molar-refractivity contribution in [2.75, 3.05) is 5.32 Å². The van der Waals surface area contributed by atoms with Gasteiger partial charge in [-0.1, -0.05) is 24.3 Å². The van der Waals surface area contributed by atoms with Crippen LogP contribution in [0.3, 0.4) is 0 Å². The van der Waals surface area contributed by atoms with Gasteiger partial charge in [0.15, 0.2) is 9.84 Å². The number of amides is 1. The first kappa shape index (κ1) is 17.9. The molecule has 1 N–H and O–H groups in total. The summed E-state index contributed by atoms with van der Waals surface area (Å²) in [6.45, 7) is 0. The van der Waals surface area contributed by atoms with Gasteiger partial charge in [-0.05, 0) is 18.2 Å². The van der Waals surface area contributed by atoms with Gasteiger partial charge in [0, 0.05) is 23.3 Å². The summed E-state index contributed by atoms with van der Waals surface area (Å²) < 4.78 is 25.5. The van der Waals surface area contributed by atoms with E-state index in [9.17, 15) is 23.3 Å². The number of nitro groups is 1. The number of hydrogen-bond acceptors (Lipinski definition) is 6. The number of aromatic nitrogens is 2. The molecule has 0 saturated heterocycles. The Hall–Kier alpha value is -3.53. The van der Waals surface area contributed by atoms with E-state index in [-0.39, 0.29) is 28.6 Å². The van der Waals surface area contributed by atoms with Crippen LogP contribution in [0.2, 0.25) is 0 Å². The molecule has 0 spiro atoms. The highest BCUT2D eigenvalue weighted by Gasteiger charge is 2.33. The molecule has 4 rings (SSSR count). The number of benzene rings is 2. The summed E-state index contributed by atoms with van der Waals surface area (Å²) >= 11 is 0. The number of nitrogens with zero attached hydrogens (tertiary/aromatic N) is 3. The number of para-hydroxylation sites is 1. The molecule has 2 heterocycles. The summed E-state index contributed by atoms with van der Waals surface area (Å²) in [7, 11) is -3.32. The van der Waals surface area contributed by atoms with Gasteiger partial charge in [-0.15, -0.1) is 0 Å². The van der Waals surface area contributed by atoms with E-state index in [1.165, 1.54) is 22.9 Å². The third-order valence-electron chi connectivity index (χ3n) is 4.34. The molecule has 0 saturated carbocycles. The van der Waals surface area contributed by atoms with Crippen molar-refractivity contribution < 1.29 is 18.1 Å². The fourth-order valence-electron chi connectivity index (χ4n) is 3.07. The number of rotatable bonds is 4. The van der Waals surface area contributed by atoms with Gasteiger partial charge in [0.05, 0.1) is 27.8 Å². The summed E-state index contributed by atoms with van der Waals surface area (Å²) in [5.41, 5.74) is 1.35. The number of sulfone groups is 1. The van der Waals surface area contributed by atoms with E-state index < -0.39 is 20.7 Å². The van der Waals surface area contributed by atoms with Crippen molar-refractivity contribution in [2.24, 2.45) is 0 Å². The molecule has 3 aromatic rings. The number of fused-ring (bicyclic) bond motifs is 1. The zero-order chi connectivity index (χ0) is 19.9. The molecule has 0 aliphatic carbocycles. The molecule has 0 bridgehead atoms. The van der Waals surface area contributed by atoms with Crippen LogP contribution in [0.1, 0.15) is 21.6 Å². The minimum atomic E-state index is -3.32. The largest absolute Gasteiger partial charge is 0.306 e. The summed E-state index contributed by atoms with van der Waals surface area (Å²) in [5.74, 6) is -0.756. The van der Waals surface area contributed by atoms with Crippen molar-refractivity contribution in [2.45, 2.75) is 11.5 Å². The molecule has 0 atom stereocenters. The Morgan fingerprint density at radius 3 is 2.57 bits per heavy atom. The number of nitro benzene ring substituents is 1. The van der Waals surface area contributed by atoms with Crippen molar-refractivity contribution >= 4 is 27.2 Å². The van der Waals surface area contributed by atoms with Gasteiger partial charge in [0.1, 0.15) is 5.82 Å². The van der Waals surface area contributed by atoms with Crippen LogP contribution >= 0.6 is 0 Å². The molecule has 1 aliphatic heterocycles. The lowest BCUT2D eigenvalue weighted by Crippen LogP contribution is -2.17. The Kier molecular flexibility index (Phi) is 4.19. The van der Waals surface area contributed by atoms with Crippen LogP contribution < -0.4 is 5.32 Å². The second-order valence-corrected chi connectivity index (χ2v) is 8.38. The SMILES string of the molecule is O=C(Nc1c2c(nn1-c1ccccc1)CS(=O)(=O)C2)c1cccc([N+](=O)[O-])c1. The summed E-state index contributed by atoms with van der Waals surface area (Å²) in [6.07, 6.45) is 0. The molecule has 0 unspecified atom stereocenters. The fraction of sp³-hybridized carbons (Fsp3) is 0.111. The number of hydrogen-bond donors (Lipinski definition) is 1. The van der Waals surface area contributed by atoms with Gasteiger partial charge in [0.2, 0.25) is 0 Å². The first-order valence-electron chi connectivity index (χ1n) is 8.26. The molecule has 0 radical (unpaired) electrons. The van der Waals surface area contributed by atoms with Gasteiger partial charge in [-0.25, -0.2) is 13.1 Å². The molecular formula is C18H14N4O5S. The molecule has 28 heavy (non-hydrogen) atoms. The lowest BCUT2D eigenvalue weighted by molar-refractivity contribution is -0.384. The van der Waals surface area contributed by atoms with Crippen LogP contribution in [0.25, 0.3) is 5.69 Å². The van der Waals surface area contributed by atoms with Crippen LogP contribution in [0.15, 0.2) is 54.6 Å². The lowest BCUT2D eigenvalue weighted by atomic mass is 10.2. The first-order chi connectivity index (χ1) is 13.3. The smallest absolute Gasteiger partial charge is 0.270 e. The van der Waals surface area contributed by atoms with E-state index in [4.69, 9.17) is 0 Å². The second-order valence-electron chi connectivity index (χ2n) is 6.32. The topological polar surface area (TPSA) is 124 Å². The number of carbonyl (C=O) groups excluding carboxylic acids is 1. The molecule has 9 nitrogen and oxygen atoms in total. The monoisotopic (exact) mass is 398 g/mol. The van der Waals surface area contributed by atoms with Gasteiger partial charge in [-0.2, -0.15) is 5.10 Å². The highest BCUT2D eigenvalue weighted by molar-refractivity contribution is 7.90. The number of carbonyl (C=O) groups is 1. The van der Waals surface area contributed by atoms with E-state index in [2.05, 4.69) is 10.4 Å². The molecular weight excluding hydrogens is 384 g/mol. The number of nitrogens with one attached hydrogen (secondary N) is 1. The molecule has 142 valence electrons. The molecule has 1 amide bonds. The van der Waals surface area contributed by atoms with Crippen LogP contribution in [0.5, 0.6) is 0 Å². The maximum atomic E-state index is 12.7. The molecule has 2 aromatic carbocycles. The Morgan fingerprint density at radius 1 is 1.11 bits per heavy atom. The Morgan fingerprint density at radius 2 is 1.86 bits per heavy atom. The molecule has 1 aromatic heterocycles. The minimum absolute atomic E-state index is 0.0876. The van der Waals surface area contributed by atoms with Gasteiger partial charge in [-0.3, -0.25) is 14.9 Å². The Bertz CT molecular complexity index is 1200. The van der Waals surface area contributed by atoms with Crippen molar-refractivity contribution in [3.8, 4) is 5.69 Å². The predicted molar refractivity (Wildman–Crippen MR) is 101 cm³/mol. The van der Waals surface area contributed by atoms with Gasteiger partial charge < -0.3 is 5.32 Å². The fourth-order valence-corrected chi connectivity index (χ4v) is 4.56. The van der Waals surface area contributed by atoms with Gasteiger partial charge in [0.25, 0.3) is 11.6 Å². The lowest BCUT2D eigenvalue weighted by Gasteiger charge is -2.11. The van der Waals surface area contributed by atoms with Crippen molar-refractivity contribution in [3.63, 3.8) is 0 Å². The van der Waals surface area contributed by atoms with Crippen molar-refractivity contribution in [1.82, 2.24) is 9.78 Å². The minimum Gasteiger partial charge on any atom is -0.306 e. The third-order valence-corrected chi connectivity index (χ3v) is 5.78. The number of non-ortho nitro benzene ring substituents is 1. The van der Waals surface area contributed by atoms with Crippen molar-refractivity contribution in [3.05, 3.63) is 81.5 Å². The molecule has 0 fully saturated rings. The highest BCUT2D eigenvalue weighted by Crippen LogP contribution is 2.33. The van der Waals surface area contributed by atoms with Crippen LogP contribution in [0, 0.1) is 10.1 Å². The standard InChI is InChI=1S/C18H14N4O5S/c23-18(12-5-4-8-14(9-12)22(24)25)19-17-15-10-28(26,27)11-16(15)20-21(17)13-6-2-1-3-7-13/h1-9H,10-11H2,(H,19,23). The third kappa shape index (κ3) is 3.25. The second kappa shape index (κ2) is 6.57. The van der Waals surface area contributed by atoms with Crippen LogP contribution in [-0.4, -0.2) is 29.0 Å².